The van der Waals surface area contributed by atoms with E-state index < -0.39 is 0 Å². The van der Waals surface area contributed by atoms with Gasteiger partial charge in [-0.3, -0.25) is 0 Å². The fourth-order valence-corrected chi connectivity index (χ4v) is 5.83. The van der Waals surface area contributed by atoms with Gasteiger partial charge in [0.1, 0.15) is 0 Å². The number of benzene rings is 1. The lowest BCUT2D eigenvalue weighted by molar-refractivity contribution is -0.0226. The van der Waals surface area contributed by atoms with Crippen molar-refractivity contribution in [2.24, 2.45) is 17.3 Å². The molecule has 0 amide bonds. The van der Waals surface area contributed by atoms with E-state index in [1.54, 1.807) is 0 Å². The maximum atomic E-state index is 10.5. The summed E-state index contributed by atoms with van der Waals surface area (Å²) in [5, 5.41) is 20.8. The van der Waals surface area contributed by atoms with Crippen LogP contribution in [0.1, 0.15) is 63.0 Å². The van der Waals surface area contributed by atoms with E-state index in [0.29, 0.717) is 30.1 Å². The molecular formula is C20H28O3. The molecule has 0 bridgehead atoms. The SMILES string of the molecule is CCOc1cc2c(cc1O)C1CC[C@@]3(C)C(CC[C@@H]3O)C1CC2. The molecule has 1 aromatic rings. The van der Waals surface area contributed by atoms with Crippen molar-refractivity contribution in [2.75, 3.05) is 6.61 Å². The second kappa shape index (κ2) is 5.41. The molecule has 3 heteroatoms. The zero-order valence-corrected chi connectivity index (χ0v) is 14.2. The van der Waals surface area contributed by atoms with E-state index >= 15 is 0 Å². The first-order chi connectivity index (χ1) is 11.0. The highest BCUT2D eigenvalue weighted by Crippen LogP contribution is 2.61. The number of hydrogen-bond acceptors (Lipinski definition) is 3. The minimum absolute atomic E-state index is 0.117. The lowest BCUT2D eigenvalue weighted by atomic mass is 9.55. The van der Waals surface area contributed by atoms with Crippen molar-refractivity contribution in [1.29, 1.82) is 0 Å². The van der Waals surface area contributed by atoms with Gasteiger partial charge in [0.15, 0.2) is 11.5 Å². The molecule has 2 N–H and O–H groups in total. The number of phenolic OH excluding ortho intramolecular Hbond substituents is 1. The maximum absolute atomic E-state index is 10.5. The molecule has 2 saturated carbocycles. The largest absolute Gasteiger partial charge is 0.504 e. The van der Waals surface area contributed by atoms with Crippen LogP contribution in [0, 0.1) is 17.3 Å². The van der Waals surface area contributed by atoms with Crippen LogP contribution in [0.2, 0.25) is 0 Å². The third kappa shape index (κ3) is 2.20. The third-order valence-corrected chi connectivity index (χ3v) is 7.05. The summed E-state index contributed by atoms with van der Waals surface area (Å²) in [5.41, 5.74) is 2.81. The topological polar surface area (TPSA) is 49.7 Å². The van der Waals surface area contributed by atoms with E-state index in [0.717, 1.165) is 32.1 Å². The van der Waals surface area contributed by atoms with E-state index in [4.69, 9.17) is 4.74 Å². The van der Waals surface area contributed by atoms with Crippen LogP contribution < -0.4 is 4.74 Å². The lowest BCUT2D eigenvalue weighted by Crippen LogP contribution is -2.43. The summed E-state index contributed by atoms with van der Waals surface area (Å²) < 4.78 is 5.56. The fourth-order valence-electron chi connectivity index (χ4n) is 5.83. The number of rotatable bonds is 2. The lowest BCUT2D eigenvalue weighted by Gasteiger charge is -2.50. The van der Waals surface area contributed by atoms with Crippen LogP contribution in [-0.2, 0) is 6.42 Å². The van der Waals surface area contributed by atoms with Crippen LogP contribution in [0.15, 0.2) is 12.1 Å². The molecule has 0 radical (unpaired) electrons. The molecule has 0 spiro atoms. The van der Waals surface area contributed by atoms with E-state index in [2.05, 4.69) is 13.0 Å². The van der Waals surface area contributed by atoms with Gasteiger partial charge in [-0.1, -0.05) is 6.92 Å². The molecule has 23 heavy (non-hydrogen) atoms. The van der Waals surface area contributed by atoms with Gasteiger partial charge in [0.05, 0.1) is 12.7 Å². The smallest absolute Gasteiger partial charge is 0.161 e. The molecule has 4 rings (SSSR count). The van der Waals surface area contributed by atoms with Crippen LogP contribution in [-0.4, -0.2) is 22.9 Å². The predicted octanol–water partition coefficient (Wildman–Crippen LogP) is 4.01. The molecule has 0 aromatic heterocycles. The Bertz CT molecular complexity index is 611. The molecule has 0 aliphatic heterocycles. The monoisotopic (exact) mass is 316 g/mol. The van der Waals surface area contributed by atoms with Gasteiger partial charge in [-0.05, 0) is 91.9 Å². The molecule has 1 aromatic carbocycles. The normalized spacial score (nSPS) is 38.6. The van der Waals surface area contributed by atoms with Crippen molar-refractivity contribution in [2.45, 2.75) is 64.4 Å². The second-order valence-electron chi connectivity index (χ2n) is 8.00. The maximum Gasteiger partial charge on any atom is 0.161 e. The first kappa shape index (κ1) is 15.3. The zero-order valence-electron chi connectivity index (χ0n) is 14.2. The Morgan fingerprint density at radius 2 is 2.04 bits per heavy atom. The van der Waals surface area contributed by atoms with Gasteiger partial charge in [0.2, 0.25) is 0 Å². The van der Waals surface area contributed by atoms with Crippen molar-refractivity contribution in [3.63, 3.8) is 0 Å². The van der Waals surface area contributed by atoms with Gasteiger partial charge in [-0.15, -0.1) is 0 Å². The highest BCUT2D eigenvalue weighted by Gasteiger charge is 2.54. The van der Waals surface area contributed by atoms with Crippen LogP contribution in [0.4, 0.5) is 0 Å². The van der Waals surface area contributed by atoms with Crippen LogP contribution in [0.5, 0.6) is 11.5 Å². The molecule has 126 valence electrons. The Labute approximate surface area is 138 Å². The number of phenols is 1. The number of hydrogen-bond donors (Lipinski definition) is 2. The van der Waals surface area contributed by atoms with Crippen LogP contribution in [0.25, 0.3) is 0 Å². The summed E-state index contributed by atoms with van der Waals surface area (Å²) in [6.45, 7) is 4.83. The molecule has 3 unspecified atom stereocenters. The third-order valence-electron chi connectivity index (χ3n) is 7.05. The average molecular weight is 316 g/mol. The molecule has 3 aliphatic rings. The van der Waals surface area contributed by atoms with Crippen molar-refractivity contribution >= 4 is 0 Å². The summed E-state index contributed by atoms with van der Waals surface area (Å²) in [7, 11) is 0. The summed E-state index contributed by atoms with van der Waals surface area (Å²) in [4.78, 5) is 0. The molecular weight excluding hydrogens is 288 g/mol. The predicted molar refractivity (Wildman–Crippen MR) is 89.9 cm³/mol. The molecule has 3 nitrogen and oxygen atoms in total. The summed E-state index contributed by atoms with van der Waals surface area (Å²) in [6.07, 6.45) is 6.52. The molecule has 2 fully saturated rings. The molecule has 0 saturated heterocycles. The van der Waals surface area contributed by atoms with Crippen molar-refractivity contribution < 1.29 is 14.9 Å². The fraction of sp³-hybridized carbons (Fsp3) is 0.700. The van der Waals surface area contributed by atoms with Gasteiger partial charge < -0.3 is 14.9 Å². The van der Waals surface area contributed by atoms with Crippen LogP contribution in [0.3, 0.4) is 0 Å². The minimum atomic E-state index is -0.122. The standard InChI is InChI=1S/C20H28O3/c1-3-23-18-10-12-4-5-14-13(15(12)11-17(18)21)8-9-20(2)16(14)6-7-19(20)22/h10-11,13-14,16,19,21-22H,3-9H2,1-2H3/t13?,14?,16?,19-,20-/m0/s1. The highest BCUT2D eigenvalue weighted by atomic mass is 16.5. The molecule has 5 atom stereocenters. The molecule has 3 aliphatic carbocycles. The summed E-state index contributed by atoms with van der Waals surface area (Å²) in [5.74, 6) is 2.75. The van der Waals surface area contributed by atoms with Crippen LogP contribution >= 0.6 is 0 Å². The average Bonchev–Trinajstić information content (AvgIpc) is 2.84. The van der Waals surface area contributed by atoms with E-state index in [9.17, 15) is 10.2 Å². The Morgan fingerprint density at radius 1 is 1.22 bits per heavy atom. The highest BCUT2D eigenvalue weighted by molar-refractivity contribution is 5.49. The Balaban J connectivity index is 1.68. The summed E-state index contributed by atoms with van der Waals surface area (Å²) >= 11 is 0. The number of aryl methyl sites for hydroxylation is 1. The van der Waals surface area contributed by atoms with E-state index in [1.165, 1.54) is 17.5 Å². The Kier molecular flexibility index (Phi) is 3.60. The minimum Gasteiger partial charge on any atom is -0.504 e. The van der Waals surface area contributed by atoms with Gasteiger partial charge in [-0.2, -0.15) is 0 Å². The van der Waals surface area contributed by atoms with Crippen molar-refractivity contribution in [1.82, 2.24) is 0 Å². The quantitative estimate of drug-likeness (QED) is 0.867. The first-order valence-electron chi connectivity index (χ1n) is 9.21. The number of aliphatic hydroxyl groups is 1. The zero-order chi connectivity index (χ0) is 16.2. The summed E-state index contributed by atoms with van der Waals surface area (Å²) in [6, 6.07) is 4.02. The Hall–Kier alpha value is -1.22. The van der Waals surface area contributed by atoms with E-state index in [1.807, 2.05) is 13.0 Å². The molecule has 0 heterocycles. The number of aliphatic hydroxyl groups excluding tert-OH is 1. The first-order valence-corrected chi connectivity index (χ1v) is 9.21. The second-order valence-corrected chi connectivity index (χ2v) is 8.00. The van der Waals surface area contributed by atoms with Gasteiger partial charge in [0.25, 0.3) is 0 Å². The number of aromatic hydroxyl groups is 1. The Morgan fingerprint density at radius 3 is 2.83 bits per heavy atom. The van der Waals surface area contributed by atoms with Gasteiger partial charge in [0, 0.05) is 0 Å². The van der Waals surface area contributed by atoms with Crippen molar-refractivity contribution in [3.05, 3.63) is 23.3 Å². The number of fused-ring (bicyclic) bond motifs is 5. The van der Waals surface area contributed by atoms with Gasteiger partial charge >= 0.3 is 0 Å². The van der Waals surface area contributed by atoms with E-state index in [-0.39, 0.29) is 17.3 Å². The van der Waals surface area contributed by atoms with Gasteiger partial charge in [-0.25, -0.2) is 0 Å². The number of ether oxygens (including phenoxy) is 1. The van der Waals surface area contributed by atoms with Crippen molar-refractivity contribution in [3.8, 4) is 11.5 Å².